The minimum absolute atomic E-state index is 0.0822. The second-order valence-corrected chi connectivity index (χ2v) is 6.17. The van der Waals surface area contributed by atoms with E-state index in [0.717, 1.165) is 16.8 Å². The van der Waals surface area contributed by atoms with Gasteiger partial charge in [0.15, 0.2) is 0 Å². The second kappa shape index (κ2) is 4.65. The molecule has 17 heavy (non-hydrogen) atoms. The van der Waals surface area contributed by atoms with E-state index >= 15 is 0 Å². The van der Waals surface area contributed by atoms with Crippen LogP contribution in [-0.4, -0.2) is 9.55 Å². The number of hydrogen-bond acceptors (Lipinski definition) is 1. The third-order valence-corrected chi connectivity index (χ3v) is 3.18. The molecule has 0 saturated carbocycles. The fourth-order valence-electron chi connectivity index (χ4n) is 1.87. The third-order valence-electron chi connectivity index (χ3n) is 2.65. The van der Waals surface area contributed by atoms with Gasteiger partial charge in [-0.15, -0.1) is 0 Å². The van der Waals surface area contributed by atoms with E-state index < -0.39 is 0 Å². The monoisotopic (exact) mass is 292 g/mol. The molecule has 0 unspecified atom stereocenters. The third kappa shape index (κ3) is 2.97. The molecule has 2 aromatic rings. The van der Waals surface area contributed by atoms with Crippen LogP contribution in [0.3, 0.4) is 0 Å². The van der Waals surface area contributed by atoms with E-state index in [9.17, 15) is 0 Å². The lowest BCUT2D eigenvalue weighted by Gasteiger charge is -2.19. The van der Waals surface area contributed by atoms with Gasteiger partial charge in [0.25, 0.3) is 0 Å². The first-order valence-electron chi connectivity index (χ1n) is 5.73. The lowest BCUT2D eigenvalue weighted by atomic mass is 9.95. The Hall–Kier alpha value is -1.09. The maximum Gasteiger partial charge on any atom is 0.114 e. The zero-order valence-electron chi connectivity index (χ0n) is 10.4. The summed E-state index contributed by atoms with van der Waals surface area (Å²) in [6.07, 6.45) is 3.92. The van der Waals surface area contributed by atoms with Gasteiger partial charge in [-0.2, -0.15) is 0 Å². The number of imidazole rings is 1. The molecular weight excluding hydrogens is 276 g/mol. The van der Waals surface area contributed by atoms with Crippen molar-refractivity contribution >= 4 is 15.9 Å². The summed E-state index contributed by atoms with van der Waals surface area (Å²) >= 11 is 3.45. The average Bonchev–Trinajstić information content (AvgIpc) is 2.69. The lowest BCUT2D eigenvalue weighted by molar-refractivity contribution is 0.511. The van der Waals surface area contributed by atoms with E-state index in [1.807, 2.05) is 12.4 Å². The molecule has 2 rings (SSSR count). The molecule has 0 radical (unpaired) electrons. The van der Waals surface area contributed by atoms with E-state index in [1.54, 1.807) is 0 Å². The van der Waals surface area contributed by atoms with Crippen molar-refractivity contribution in [1.82, 2.24) is 9.55 Å². The van der Waals surface area contributed by atoms with Gasteiger partial charge in [-0.1, -0.05) is 48.8 Å². The Morgan fingerprint density at radius 1 is 1.18 bits per heavy atom. The molecule has 0 saturated heterocycles. The van der Waals surface area contributed by atoms with Crippen LogP contribution in [0.4, 0.5) is 0 Å². The Labute approximate surface area is 111 Å². The molecule has 3 heteroatoms. The highest BCUT2D eigenvalue weighted by molar-refractivity contribution is 9.10. The minimum atomic E-state index is 0.0822. The first-order chi connectivity index (χ1) is 7.97. The summed E-state index contributed by atoms with van der Waals surface area (Å²) in [5.41, 5.74) is 1.37. The highest BCUT2D eigenvalue weighted by atomic mass is 79.9. The van der Waals surface area contributed by atoms with Gasteiger partial charge >= 0.3 is 0 Å². The number of benzene rings is 1. The quantitative estimate of drug-likeness (QED) is 0.818. The highest BCUT2D eigenvalue weighted by Crippen LogP contribution is 2.21. The summed E-state index contributed by atoms with van der Waals surface area (Å²) < 4.78 is 3.33. The zero-order valence-corrected chi connectivity index (χ0v) is 12.0. The van der Waals surface area contributed by atoms with Gasteiger partial charge in [0.2, 0.25) is 0 Å². The van der Waals surface area contributed by atoms with Gasteiger partial charge in [0.05, 0.1) is 0 Å². The maximum absolute atomic E-state index is 4.45. The van der Waals surface area contributed by atoms with Crippen molar-refractivity contribution in [2.45, 2.75) is 32.7 Å². The first kappa shape index (κ1) is 12.4. The highest BCUT2D eigenvalue weighted by Gasteiger charge is 2.19. The van der Waals surface area contributed by atoms with Crippen LogP contribution in [0.25, 0.3) is 0 Å². The van der Waals surface area contributed by atoms with Crippen molar-refractivity contribution in [3.8, 4) is 0 Å². The van der Waals surface area contributed by atoms with Crippen LogP contribution in [0.15, 0.2) is 41.1 Å². The van der Waals surface area contributed by atoms with Crippen LogP contribution in [0.1, 0.15) is 32.2 Å². The summed E-state index contributed by atoms with van der Waals surface area (Å²) in [5, 5.41) is 0. The van der Waals surface area contributed by atoms with Crippen molar-refractivity contribution in [3.63, 3.8) is 0 Å². The number of halogens is 1. The van der Waals surface area contributed by atoms with E-state index in [4.69, 9.17) is 0 Å². The summed E-state index contributed by atoms with van der Waals surface area (Å²) in [7, 11) is 0. The number of aromatic nitrogens is 2. The fraction of sp³-hybridized carbons (Fsp3) is 0.357. The Morgan fingerprint density at radius 2 is 1.82 bits per heavy atom. The number of rotatable bonds is 2. The Bertz CT molecular complexity index is 492. The Morgan fingerprint density at radius 3 is 2.41 bits per heavy atom. The molecular formula is C14H17BrN2. The summed E-state index contributed by atoms with van der Waals surface area (Å²) in [5.74, 6) is 1.13. The fourth-order valence-corrected chi connectivity index (χ4v) is 2.13. The van der Waals surface area contributed by atoms with Crippen molar-refractivity contribution in [2.75, 3.05) is 0 Å². The molecule has 0 atom stereocenters. The van der Waals surface area contributed by atoms with Crippen LogP contribution in [0.5, 0.6) is 0 Å². The predicted octanol–water partition coefficient (Wildman–Crippen LogP) is 3.99. The second-order valence-electron chi connectivity index (χ2n) is 5.26. The van der Waals surface area contributed by atoms with Crippen LogP contribution in [-0.2, 0) is 12.0 Å². The van der Waals surface area contributed by atoms with E-state index in [1.165, 1.54) is 5.56 Å². The van der Waals surface area contributed by atoms with Crippen molar-refractivity contribution < 1.29 is 0 Å². The minimum Gasteiger partial charge on any atom is -0.330 e. The molecule has 0 aliphatic heterocycles. The SMILES string of the molecule is CC(C)(C)c1nccn1Cc1ccc(Br)cc1. The van der Waals surface area contributed by atoms with Crippen molar-refractivity contribution in [1.29, 1.82) is 0 Å². The van der Waals surface area contributed by atoms with Gasteiger partial charge in [0, 0.05) is 28.8 Å². The van der Waals surface area contributed by atoms with Crippen molar-refractivity contribution in [3.05, 3.63) is 52.5 Å². The van der Waals surface area contributed by atoms with Gasteiger partial charge in [-0.25, -0.2) is 4.98 Å². The zero-order chi connectivity index (χ0) is 12.5. The number of nitrogens with zero attached hydrogens (tertiary/aromatic N) is 2. The molecule has 0 fully saturated rings. The summed E-state index contributed by atoms with van der Waals surface area (Å²) in [4.78, 5) is 4.45. The van der Waals surface area contributed by atoms with Crippen LogP contribution < -0.4 is 0 Å². The van der Waals surface area contributed by atoms with Crippen LogP contribution in [0.2, 0.25) is 0 Å². The number of hydrogen-bond donors (Lipinski definition) is 0. The Balaban J connectivity index is 2.25. The molecule has 2 nitrogen and oxygen atoms in total. The van der Waals surface area contributed by atoms with Gasteiger partial charge in [0.1, 0.15) is 5.82 Å². The molecule has 0 aliphatic rings. The molecule has 0 bridgehead atoms. The molecule has 0 amide bonds. The average molecular weight is 293 g/mol. The topological polar surface area (TPSA) is 17.8 Å². The summed E-state index contributed by atoms with van der Waals surface area (Å²) in [6.45, 7) is 7.44. The maximum atomic E-state index is 4.45. The molecule has 0 aliphatic carbocycles. The first-order valence-corrected chi connectivity index (χ1v) is 6.52. The predicted molar refractivity (Wildman–Crippen MR) is 74.2 cm³/mol. The molecule has 0 N–H and O–H groups in total. The van der Waals surface area contributed by atoms with Crippen LogP contribution in [0, 0.1) is 0 Å². The lowest BCUT2D eigenvalue weighted by Crippen LogP contribution is -2.19. The van der Waals surface area contributed by atoms with Crippen LogP contribution >= 0.6 is 15.9 Å². The van der Waals surface area contributed by atoms with Crippen molar-refractivity contribution in [2.24, 2.45) is 0 Å². The molecule has 1 heterocycles. The molecule has 90 valence electrons. The van der Waals surface area contributed by atoms with Gasteiger partial charge in [-0.05, 0) is 17.7 Å². The van der Waals surface area contributed by atoms with E-state index in [0.29, 0.717) is 0 Å². The van der Waals surface area contributed by atoms with Gasteiger partial charge < -0.3 is 4.57 Å². The molecule has 0 spiro atoms. The Kier molecular flexibility index (Phi) is 3.38. The summed E-state index contributed by atoms with van der Waals surface area (Å²) in [6, 6.07) is 8.42. The molecule has 1 aromatic heterocycles. The van der Waals surface area contributed by atoms with E-state index in [2.05, 4.69) is 70.5 Å². The smallest absolute Gasteiger partial charge is 0.114 e. The van der Waals surface area contributed by atoms with Gasteiger partial charge in [-0.3, -0.25) is 0 Å². The van der Waals surface area contributed by atoms with E-state index in [-0.39, 0.29) is 5.41 Å². The molecule has 1 aromatic carbocycles. The standard InChI is InChI=1S/C14H17BrN2/c1-14(2,3)13-16-8-9-17(13)10-11-4-6-12(15)7-5-11/h4-9H,10H2,1-3H3. The normalized spacial score (nSPS) is 11.8. The largest absolute Gasteiger partial charge is 0.330 e.